The van der Waals surface area contributed by atoms with Gasteiger partial charge in [0.2, 0.25) is 0 Å². The molecule has 0 radical (unpaired) electrons. The van der Waals surface area contributed by atoms with E-state index < -0.39 is 11.7 Å². The van der Waals surface area contributed by atoms with Crippen LogP contribution < -0.4 is 11.1 Å². The van der Waals surface area contributed by atoms with Gasteiger partial charge in [0.1, 0.15) is 5.76 Å². The Morgan fingerprint density at radius 3 is 2.62 bits per heavy atom. The van der Waals surface area contributed by atoms with E-state index in [2.05, 4.69) is 15.5 Å². The molecule has 0 atom stereocenters. The van der Waals surface area contributed by atoms with Gasteiger partial charge in [-0.25, -0.2) is 4.99 Å². The molecule has 0 amide bonds. The summed E-state index contributed by atoms with van der Waals surface area (Å²) < 4.78 is 42.9. The van der Waals surface area contributed by atoms with Crippen molar-refractivity contribution in [2.75, 3.05) is 0 Å². The number of nitrogens with one attached hydrogen (secondary N) is 1. The summed E-state index contributed by atoms with van der Waals surface area (Å²) in [5.41, 5.74) is 7.09. The van der Waals surface area contributed by atoms with E-state index in [0.29, 0.717) is 17.9 Å². The molecule has 1 aromatic heterocycles. The highest BCUT2D eigenvalue weighted by molar-refractivity contribution is 14.0. The van der Waals surface area contributed by atoms with Gasteiger partial charge in [0.15, 0.2) is 5.96 Å². The number of guanidine groups is 1. The molecule has 0 aliphatic rings. The number of hydrogen-bond donors (Lipinski definition) is 2. The minimum atomic E-state index is -4.37. The smallest absolute Gasteiger partial charge is 0.370 e. The maximum absolute atomic E-state index is 12.6. The molecule has 132 valence electrons. The number of nitrogens with two attached hydrogens (primary N) is 1. The Kier molecular flexibility index (Phi) is 7.06. The summed E-state index contributed by atoms with van der Waals surface area (Å²) in [6, 6.07) is 5.00. The van der Waals surface area contributed by atoms with Gasteiger partial charge in [-0.3, -0.25) is 0 Å². The average molecular weight is 454 g/mol. The van der Waals surface area contributed by atoms with E-state index in [1.54, 1.807) is 13.0 Å². The van der Waals surface area contributed by atoms with E-state index >= 15 is 0 Å². The second-order valence-corrected chi connectivity index (χ2v) is 5.06. The van der Waals surface area contributed by atoms with Crippen LogP contribution >= 0.6 is 24.0 Å². The summed E-state index contributed by atoms with van der Waals surface area (Å²) in [5, 5.41) is 6.71. The van der Waals surface area contributed by atoms with Gasteiger partial charge in [0.25, 0.3) is 0 Å². The molecule has 0 bridgehead atoms. The SMILES string of the molecule is Cc1noc(C)c1CNC(N)=NCc1cccc(C(F)(F)F)c1.I. The maximum Gasteiger partial charge on any atom is 0.416 e. The van der Waals surface area contributed by atoms with E-state index in [4.69, 9.17) is 10.3 Å². The summed E-state index contributed by atoms with van der Waals surface area (Å²) in [6.07, 6.45) is -4.37. The molecular formula is C15H18F3IN4O. The molecule has 3 N–H and O–H groups in total. The van der Waals surface area contributed by atoms with E-state index in [1.165, 1.54) is 6.07 Å². The van der Waals surface area contributed by atoms with E-state index in [0.717, 1.165) is 23.4 Å². The Bertz CT molecular complexity index is 693. The van der Waals surface area contributed by atoms with Gasteiger partial charge < -0.3 is 15.6 Å². The first kappa shape index (κ1) is 20.3. The Balaban J connectivity index is 0.00000288. The first-order valence-corrected chi connectivity index (χ1v) is 6.89. The number of benzene rings is 1. The maximum atomic E-state index is 12.6. The lowest BCUT2D eigenvalue weighted by atomic mass is 10.1. The zero-order chi connectivity index (χ0) is 17.0. The zero-order valence-electron chi connectivity index (χ0n) is 13.1. The minimum Gasteiger partial charge on any atom is -0.370 e. The predicted molar refractivity (Wildman–Crippen MR) is 95.0 cm³/mol. The van der Waals surface area contributed by atoms with Crippen molar-refractivity contribution in [1.29, 1.82) is 0 Å². The van der Waals surface area contributed by atoms with Crippen LogP contribution in [0.5, 0.6) is 0 Å². The molecule has 0 unspecified atom stereocenters. The molecule has 0 saturated carbocycles. The number of hydrogen-bond acceptors (Lipinski definition) is 3. The van der Waals surface area contributed by atoms with Crippen LogP contribution in [-0.2, 0) is 19.3 Å². The molecule has 0 fully saturated rings. The highest BCUT2D eigenvalue weighted by Crippen LogP contribution is 2.29. The number of nitrogens with zero attached hydrogens (tertiary/aromatic N) is 2. The number of aromatic nitrogens is 1. The second-order valence-electron chi connectivity index (χ2n) is 5.06. The summed E-state index contributed by atoms with van der Waals surface area (Å²) in [5.74, 6) is 0.822. The number of alkyl halides is 3. The fourth-order valence-electron chi connectivity index (χ4n) is 2.01. The minimum absolute atomic E-state index is 0. The monoisotopic (exact) mass is 454 g/mol. The van der Waals surface area contributed by atoms with Crippen molar-refractivity contribution in [3.05, 3.63) is 52.4 Å². The van der Waals surface area contributed by atoms with Crippen molar-refractivity contribution in [2.45, 2.75) is 33.1 Å². The largest absolute Gasteiger partial charge is 0.416 e. The molecule has 1 aromatic carbocycles. The number of halogens is 4. The third kappa shape index (κ3) is 5.39. The van der Waals surface area contributed by atoms with Crippen molar-refractivity contribution < 1.29 is 17.7 Å². The summed E-state index contributed by atoms with van der Waals surface area (Å²) in [4.78, 5) is 4.04. The lowest BCUT2D eigenvalue weighted by molar-refractivity contribution is -0.137. The van der Waals surface area contributed by atoms with Crippen LogP contribution in [0.4, 0.5) is 13.2 Å². The second kappa shape index (κ2) is 8.36. The van der Waals surface area contributed by atoms with Crippen LogP contribution in [0.2, 0.25) is 0 Å². The van der Waals surface area contributed by atoms with Crippen molar-refractivity contribution in [1.82, 2.24) is 10.5 Å². The number of rotatable bonds is 4. The molecule has 5 nitrogen and oxygen atoms in total. The molecule has 0 spiro atoms. The Labute approximate surface area is 154 Å². The van der Waals surface area contributed by atoms with Crippen molar-refractivity contribution >= 4 is 29.9 Å². The molecule has 2 rings (SSSR count). The quantitative estimate of drug-likeness (QED) is 0.421. The lowest BCUT2D eigenvalue weighted by Gasteiger charge is -2.08. The summed E-state index contributed by atoms with van der Waals surface area (Å²) in [7, 11) is 0. The number of aryl methyl sites for hydroxylation is 2. The highest BCUT2D eigenvalue weighted by atomic mass is 127. The zero-order valence-corrected chi connectivity index (χ0v) is 15.5. The predicted octanol–water partition coefficient (Wildman–Crippen LogP) is 3.53. The Morgan fingerprint density at radius 1 is 1.33 bits per heavy atom. The summed E-state index contributed by atoms with van der Waals surface area (Å²) in [6.45, 7) is 4.04. The molecule has 2 aromatic rings. The molecule has 9 heteroatoms. The van der Waals surface area contributed by atoms with Gasteiger partial charge in [-0.2, -0.15) is 13.2 Å². The first-order chi connectivity index (χ1) is 10.8. The topological polar surface area (TPSA) is 76.4 Å². The number of aliphatic imine (C=N–C) groups is 1. The van der Waals surface area contributed by atoms with Gasteiger partial charge in [0, 0.05) is 12.1 Å². The first-order valence-electron chi connectivity index (χ1n) is 6.89. The van der Waals surface area contributed by atoms with Gasteiger partial charge in [-0.1, -0.05) is 17.3 Å². The fourth-order valence-corrected chi connectivity index (χ4v) is 2.01. The van der Waals surface area contributed by atoms with E-state index in [9.17, 15) is 13.2 Å². The van der Waals surface area contributed by atoms with Crippen LogP contribution in [0.3, 0.4) is 0 Å². The lowest BCUT2D eigenvalue weighted by Crippen LogP contribution is -2.31. The van der Waals surface area contributed by atoms with Crippen LogP contribution in [0.1, 0.15) is 28.1 Å². The third-order valence-corrected chi connectivity index (χ3v) is 3.31. The molecule has 0 aliphatic heterocycles. The highest BCUT2D eigenvalue weighted by Gasteiger charge is 2.30. The third-order valence-electron chi connectivity index (χ3n) is 3.31. The molecular weight excluding hydrogens is 436 g/mol. The van der Waals surface area contributed by atoms with Crippen molar-refractivity contribution in [3.8, 4) is 0 Å². The van der Waals surface area contributed by atoms with Gasteiger partial charge in [0.05, 0.1) is 17.8 Å². The van der Waals surface area contributed by atoms with E-state index in [1.807, 2.05) is 6.92 Å². The van der Waals surface area contributed by atoms with E-state index in [-0.39, 0.29) is 36.5 Å². The summed E-state index contributed by atoms with van der Waals surface area (Å²) >= 11 is 0. The van der Waals surface area contributed by atoms with Gasteiger partial charge >= 0.3 is 6.18 Å². The van der Waals surface area contributed by atoms with Crippen LogP contribution in [0, 0.1) is 13.8 Å². The molecule has 0 aliphatic carbocycles. The van der Waals surface area contributed by atoms with Crippen LogP contribution in [0.25, 0.3) is 0 Å². The fraction of sp³-hybridized carbons (Fsp3) is 0.333. The van der Waals surface area contributed by atoms with Crippen molar-refractivity contribution in [2.24, 2.45) is 10.7 Å². The Morgan fingerprint density at radius 2 is 2.04 bits per heavy atom. The molecule has 24 heavy (non-hydrogen) atoms. The van der Waals surface area contributed by atoms with Crippen LogP contribution in [0.15, 0.2) is 33.8 Å². The molecule has 1 heterocycles. The Hall–Kier alpha value is -1.78. The van der Waals surface area contributed by atoms with Crippen LogP contribution in [-0.4, -0.2) is 11.1 Å². The average Bonchev–Trinajstić information content (AvgIpc) is 2.81. The standard InChI is InChI=1S/C15H17F3N4O.HI/c1-9-13(10(2)23-22-9)8-21-14(19)20-7-11-4-3-5-12(6-11)15(16,17)18;/h3-6H,7-8H2,1-2H3,(H3,19,20,21);1H. The normalized spacial score (nSPS) is 12.0. The van der Waals surface area contributed by atoms with Gasteiger partial charge in [-0.05, 0) is 31.5 Å². The van der Waals surface area contributed by atoms with Crippen molar-refractivity contribution in [3.63, 3.8) is 0 Å². The van der Waals surface area contributed by atoms with Gasteiger partial charge in [-0.15, -0.1) is 24.0 Å². The molecule has 0 saturated heterocycles.